The summed E-state index contributed by atoms with van der Waals surface area (Å²) in [6, 6.07) is 13.5. The number of hydrogen-bond acceptors (Lipinski definition) is 2. The van der Waals surface area contributed by atoms with E-state index in [1.807, 2.05) is 47.9 Å². The van der Waals surface area contributed by atoms with Crippen molar-refractivity contribution in [3.8, 4) is 0 Å². The maximum atomic E-state index is 12.0. The van der Waals surface area contributed by atoms with E-state index in [0.717, 1.165) is 32.1 Å². The third kappa shape index (κ3) is 3.34. The molecule has 0 spiro atoms. The van der Waals surface area contributed by atoms with Crippen molar-refractivity contribution >= 4 is 56.5 Å². The Morgan fingerprint density at radius 1 is 1.24 bits per heavy atom. The Morgan fingerprint density at radius 3 is 2.90 bits per heavy atom. The lowest BCUT2D eigenvalue weighted by molar-refractivity contribution is -0.110. The van der Waals surface area contributed by atoms with Crippen LogP contribution in [-0.2, 0) is 10.5 Å². The van der Waals surface area contributed by atoms with Gasteiger partial charge in [0.05, 0.1) is 5.57 Å². The Hall–Kier alpha value is -1.23. The van der Waals surface area contributed by atoms with Gasteiger partial charge in [0.2, 0.25) is 0 Å². The Bertz CT molecular complexity index is 745. The van der Waals surface area contributed by atoms with Gasteiger partial charge in [0.25, 0.3) is 5.91 Å². The summed E-state index contributed by atoms with van der Waals surface area (Å²) in [4.78, 5) is 12.0. The molecule has 1 heterocycles. The SMILES string of the molecule is O=C1Nc2ccc(Br)cc2C1=CSCc1cccc(Cl)c1. The Labute approximate surface area is 140 Å². The van der Waals surface area contributed by atoms with Crippen molar-refractivity contribution in [2.75, 3.05) is 5.32 Å². The highest BCUT2D eigenvalue weighted by atomic mass is 79.9. The summed E-state index contributed by atoms with van der Waals surface area (Å²) in [5.74, 6) is 0.724. The van der Waals surface area contributed by atoms with Crippen molar-refractivity contribution in [1.82, 2.24) is 0 Å². The molecular weight excluding hydrogens is 370 g/mol. The standard InChI is InChI=1S/C16H11BrClNOS/c17-11-4-5-15-13(7-11)14(16(20)19-15)9-21-8-10-2-1-3-12(18)6-10/h1-7,9H,8H2,(H,19,20). The van der Waals surface area contributed by atoms with Crippen LogP contribution < -0.4 is 5.32 Å². The zero-order chi connectivity index (χ0) is 14.8. The molecule has 0 radical (unpaired) electrons. The normalized spacial score (nSPS) is 15.1. The second-order valence-corrected chi connectivity index (χ2v) is 6.83. The number of amides is 1. The van der Waals surface area contributed by atoms with Gasteiger partial charge in [0, 0.05) is 26.5 Å². The molecule has 2 aromatic rings. The summed E-state index contributed by atoms with van der Waals surface area (Å²) in [6.07, 6.45) is 0. The third-order valence-corrected chi connectivity index (χ3v) is 4.74. The lowest BCUT2D eigenvalue weighted by Crippen LogP contribution is -2.03. The topological polar surface area (TPSA) is 29.1 Å². The minimum atomic E-state index is -0.0540. The van der Waals surface area contributed by atoms with Crippen LogP contribution in [0, 0.1) is 0 Å². The molecule has 0 saturated heterocycles. The van der Waals surface area contributed by atoms with Crippen LogP contribution in [0.2, 0.25) is 5.02 Å². The maximum absolute atomic E-state index is 12.0. The molecule has 0 aromatic heterocycles. The molecule has 0 unspecified atom stereocenters. The fourth-order valence-electron chi connectivity index (χ4n) is 2.13. The molecule has 1 N–H and O–H groups in total. The van der Waals surface area contributed by atoms with E-state index in [1.54, 1.807) is 11.8 Å². The minimum Gasteiger partial charge on any atom is -0.321 e. The number of hydrogen-bond donors (Lipinski definition) is 1. The van der Waals surface area contributed by atoms with Crippen LogP contribution in [0.3, 0.4) is 0 Å². The van der Waals surface area contributed by atoms with E-state index in [9.17, 15) is 4.79 Å². The number of nitrogens with one attached hydrogen (secondary N) is 1. The summed E-state index contributed by atoms with van der Waals surface area (Å²) in [5.41, 5.74) is 3.64. The lowest BCUT2D eigenvalue weighted by atomic mass is 10.1. The van der Waals surface area contributed by atoms with E-state index in [4.69, 9.17) is 11.6 Å². The highest BCUT2D eigenvalue weighted by Gasteiger charge is 2.23. The molecular formula is C16H11BrClNOS. The zero-order valence-electron chi connectivity index (χ0n) is 10.9. The van der Waals surface area contributed by atoms with Gasteiger partial charge >= 0.3 is 0 Å². The number of carbonyl (C=O) groups excluding carboxylic acids is 1. The van der Waals surface area contributed by atoms with Gasteiger partial charge in [-0.3, -0.25) is 4.79 Å². The molecule has 1 aliphatic heterocycles. The predicted molar refractivity (Wildman–Crippen MR) is 93.5 cm³/mol. The van der Waals surface area contributed by atoms with E-state index in [-0.39, 0.29) is 5.91 Å². The predicted octanol–water partition coefficient (Wildman–Crippen LogP) is 5.33. The number of benzene rings is 2. The number of fused-ring (bicyclic) bond motifs is 1. The highest BCUT2D eigenvalue weighted by Crippen LogP contribution is 2.35. The molecule has 21 heavy (non-hydrogen) atoms. The maximum Gasteiger partial charge on any atom is 0.256 e. The second kappa shape index (κ2) is 6.26. The van der Waals surface area contributed by atoms with Crippen molar-refractivity contribution in [3.05, 3.63) is 68.5 Å². The van der Waals surface area contributed by atoms with Crippen LogP contribution >= 0.6 is 39.3 Å². The first-order chi connectivity index (χ1) is 10.1. The van der Waals surface area contributed by atoms with Gasteiger partial charge in [0.15, 0.2) is 0 Å². The van der Waals surface area contributed by atoms with Gasteiger partial charge in [-0.05, 0) is 41.3 Å². The van der Waals surface area contributed by atoms with E-state index in [0.29, 0.717) is 5.57 Å². The number of halogens is 2. The largest absolute Gasteiger partial charge is 0.321 e. The lowest BCUT2D eigenvalue weighted by Gasteiger charge is -2.01. The second-order valence-electron chi connectivity index (χ2n) is 4.62. The fourth-order valence-corrected chi connectivity index (χ4v) is 3.56. The van der Waals surface area contributed by atoms with Crippen LogP contribution in [0.15, 0.2) is 52.3 Å². The van der Waals surface area contributed by atoms with E-state index in [1.165, 1.54) is 0 Å². The quantitative estimate of drug-likeness (QED) is 0.729. The number of anilines is 1. The molecule has 2 aromatic carbocycles. The average Bonchev–Trinajstić information content (AvgIpc) is 2.75. The first-order valence-corrected chi connectivity index (χ1v) is 8.53. The summed E-state index contributed by atoms with van der Waals surface area (Å²) >= 11 is 11.0. The molecule has 0 atom stereocenters. The average molecular weight is 381 g/mol. The van der Waals surface area contributed by atoms with Crippen LogP contribution in [0.25, 0.3) is 5.57 Å². The Kier molecular flexibility index (Phi) is 4.38. The number of thioether (sulfide) groups is 1. The molecule has 0 saturated carbocycles. The van der Waals surface area contributed by atoms with Crippen LogP contribution in [0.1, 0.15) is 11.1 Å². The van der Waals surface area contributed by atoms with Crippen molar-refractivity contribution in [1.29, 1.82) is 0 Å². The monoisotopic (exact) mass is 379 g/mol. The summed E-state index contributed by atoms with van der Waals surface area (Å²) in [6.45, 7) is 0. The molecule has 1 amide bonds. The van der Waals surface area contributed by atoms with E-state index >= 15 is 0 Å². The Morgan fingerprint density at radius 2 is 2.10 bits per heavy atom. The number of carbonyl (C=O) groups is 1. The van der Waals surface area contributed by atoms with Gasteiger partial charge < -0.3 is 5.32 Å². The smallest absolute Gasteiger partial charge is 0.256 e. The molecule has 3 rings (SSSR count). The van der Waals surface area contributed by atoms with Gasteiger partial charge in [-0.15, -0.1) is 11.8 Å². The fraction of sp³-hybridized carbons (Fsp3) is 0.0625. The van der Waals surface area contributed by atoms with E-state index in [2.05, 4.69) is 21.2 Å². The van der Waals surface area contributed by atoms with E-state index < -0.39 is 0 Å². The molecule has 0 bridgehead atoms. The highest BCUT2D eigenvalue weighted by molar-refractivity contribution is 9.10. The third-order valence-electron chi connectivity index (χ3n) is 3.10. The van der Waals surface area contributed by atoms with Crippen LogP contribution in [0.5, 0.6) is 0 Å². The van der Waals surface area contributed by atoms with Gasteiger partial charge in [0.1, 0.15) is 0 Å². The first kappa shape index (κ1) is 14.7. The number of rotatable bonds is 3. The van der Waals surface area contributed by atoms with Gasteiger partial charge in [-0.25, -0.2) is 0 Å². The molecule has 0 aliphatic carbocycles. The van der Waals surface area contributed by atoms with Gasteiger partial charge in [-0.2, -0.15) is 0 Å². The summed E-state index contributed by atoms with van der Waals surface area (Å²) < 4.78 is 0.962. The van der Waals surface area contributed by atoms with Crippen LogP contribution in [-0.4, -0.2) is 5.91 Å². The first-order valence-electron chi connectivity index (χ1n) is 6.31. The molecule has 1 aliphatic rings. The van der Waals surface area contributed by atoms with Crippen molar-refractivity contribution in [3.63, 3.8) is 0 Å². The molecule has 2 nitrogen and oxygen atoms in total. The Balaban J connectivity index is 1.78. The molecule has 106 valence electrons. The summed E-state index contributed by atoms with van der Waals surface area (Å²) in [5, 5.41) is 5.51. The zero-order valence-corrected chi connectivity index (χ0v) is 14.1. The van der Waals surface area contributed by atoms with Crippen molar-refractivity contribution < 1.29 is 4.79 Å². The molecule has 5 heteroatoms. The minimum absolute atomic E-state index is 0.0540. The van der Waals surface area contributed by atoms with Crippen molar-refractivity contribution in [2.45, 2.75) is 5.75 Å². The molecule has 0 fully saturated rings. The van der Waals surface area contributed by atoms with Crippen LogP contribution in [0.4, 0.5) is 5.69 Å². The van der Waals surface area contributed by atoms with Crippen molar-refractivity contribution in [2.24, 2.45) is 0 Å². The van der Waals surface area contributed by atoms with Gasteiger partial charge in [-0.1, -0.05) is 39.7 Å². The summed E-state index contributed by atoms with van der Waals surface area (Å²) in [7, 11) is 0.